The smallest absolute Gasteiger partial charge is 0.0861 e. The van der Waals surface area contributed by atoms with Gasteiger partial charge in [0.05, 0.1) is 5.60 Å². The molecule has 0 aromatic carbocycles. The minimum Gasteiger partial charge on any atom is -0.385 e. The third kappa shape index (κ3) is 2.84. The number of allylic oxidation sites excluding steroid dienone is 1. The van der Waals surface area contributed by atoms with Gasteiger partial charge in [0.1, 0.15) is 0 Å². The molecule has 0 radical (unpaired) electrons. The molecule has 1 fully saturated rings. The topological polar surface area (TPSA) is 20.2 Å². The summed E-state index contributed by atoms with van der Waals surface area (Å²) in [7, 11) is 0. The first-order chi connectivity index (χ1) is 7.03. The van der Waals surface area contributed by atoms with Crippen LogP contribution in [0.25, 0.3) is 0 Å². The first-order valence-corrected chi connectivity index (χ1v) is 6.42. The summed E-state index contributed by atoms with van der Waals surface area (Å²) in [6.45, 7) is 8.77. The summed E-state index contributed by atoms with van der Waals surface area (Å²) in [5.74, 6) is 1.21. The van der Waals surface area contributed by atoms with Crippen LogP contribution in [-0.2, 0) is 0 Å². The van der Waals surface area contributed by atoms with Crippen molar-refractivity contribution in [1.29, 1.82) is 0 Å². The fraction of sp³-hybridized carbons (Fsp3) is 0.857. The lowest BCUT2D eigenvalue weighted by molar-refractivity contribution is 0.0121. The molecule has 3 atom stereocenters. The molecule has 0 spiro atoms. The third-order valence-electron chi connectivity index (χ3n) is 3.77. The molecule has 1 aliphatic carbocycles. The zero-order chi connectivity index (χ0) is 11.5. The molecule has 1 N–H and O–H groups in total. The van der Waals surface area contributed by atoms with Crippen LogP contribution in [0.15, 0.2) is 11.6 Å². The number of unbranched alkanes of at least 4 members (excludes halogenated alkanes) is 1. The van der Waals surface area contributed by atoms with Crippen molar-refractivity contribution in [2.45, 2.75) is 65.4 Å². The van der Waals surface area contributed by atoms with Gasteiger partial charge in [-0.05, 0) is 43.6 Å². The first-order valence-electron chi connectivity index (χ1n) is 6.42. The van der Waals surface area contributed by atoms with E-state index in [2.05, 4.69) is 33.8 Å². The van der Waals surface area contributed by atoms with Gasteiger partial charge in [0, 0.05) is 0 Å². The van der Waals surface area contributed by atoms with Crippen molar-refractivity contribution in [3.63, 3.8) is 0 Å². The Hall–Kier alpha value is -0.300. The normalized spacial score (nSPS) is 39.7. The van der Waals surface area contributed by atoms with E-state index in [0.717, 1.165) is 19.3 Å². The Bertz CT molecular complexity index is 231. The molecular weight excluding hydrogens is 184 g/mol. The van der Waals surface area contributed by atoms with E-state index >= 15 is 0 Å². The van der Waals surface area contributed by atoms with Gasteiger partial charge < -0.3 is 5.11 Å². The van der Waals surface area contributed by atoms with Gasteiger partial charge in [-0.15, -0.1) is 0 Å². The van der Waals surface area contributed by atoms with E-state index in [1.54, 1.807) is 0 Å². The maximum Gasteiger partial charge on any atom is 0.0861 e. The van der Waals surface area contributed by atoms with Crippen LogP contribution in [0, 0.1) is 11.8 Å². The van der Waals surface area contributed by atoms with Crippen LogP contribution in [0.3, 0.4) is 0 Å². The minimum absolute atomic E-state index is 0.498. The number of hydrogen-bond acceptors (Lipinski definition) is 1. The van der Waals surface area contributed by atoms with Crippen LogP contribution in [0.1, 0.15) is 59.8 Å². The van der Waals surface area contributed by atoms with E-state index in [4.69, 9.17) is 0 Å². The average molecular weight is 210 g/mol. The van der Waals surface area contributed by atoms with Crippen LogP contribution in [-0.4, -0.2) is 10.7 Å². The van der Waals surface area contributed by atoms with E-state index in [1.165, 1.54) is 18.4 Å². The minimum atomic E-state index is -0.498. The average Bonchev–Trinajstić information content (AvgIpc) is 2.14. The first kappa shape index (κ1) is 12.8. The highest BCUT2D eigenvalue weighted by molar-refractivity contribution is 5.21. The van der Waals surface area contributed by atoms with E-state index < -0.39 is 5.60 Å². The molecule has 1 heteroatoms. The molecule has 1 nitrogen and oxygen atoms in total. The van der Waals surface area contributed by atoms with Gasteiger partial charge in [0.2, 0.25) is 0 Å². The van der Waals surface area contributed by atoms with Crippen molar-refractivity contribution in [2.24, 2.45) is 11.8 Å². The van der Waals surface area contributed by atoms with E-state index in [9.17, 15) is 5.11 Å². The molecule has 88 valence electrons. The van der Waals surface area contributed by atoms with Gasteiger partial charge >= 0.3 is 0 Å². The molecule has 0 bridgehead atoms. The molecule has 1 rings (SSSR count). The lowest BCUT2D eigenvalue weighted by atomic mass is 9.68. The van der Waals surface area contributed by atoms with Gasteiger partial charge in [-0.25, -0.2) is 0 Å². The maximum absolute atomic E-state index is 10.7. The van der Waals surface area contributed by atoms with E-state index in [-0.39, 0.29) is 0 Å². The monoisotopic (exact) mass is 210 g/mol. The number of hydrogen-bond donors (Lipinski definition) is 1. The fourth-order valence-corrected chi connectivity index (χ4v) is 3.24. The third-order valence-corrected chi connectivity index (χ3v) is 3.77. The molecule has 0 unspecified atom stereocenters. The van der Waals surface area contributed by atoms with E-state index in [0.29, 0.717) is 11.8 Å². The SMILES string of the molecule is C/C=C1\[C@H](C)C[C@@H](C)C[C@@]1(O)CCCC. The number of aliphatic hydroxyl groups is 1. The second-order valence-electron chi connectivity index (χ2n) is 5.33. The Morgan fingerprint density at radius 1 is 1.47 bits per heavy atom. The molecule has 0 amide bonds. The summed E-state index contributed by atoms with van der Waals surface area (Å²) in [6, 6.07) is 0. The van der Waals surface area contributed by atoms with Crippen molar-refractivity contribution in [1.82, 2.24) is 0 Å². The Labute approximate surface area is 94.6 Å². The lowest BCUT2D eigenvalue weighted by Gasteiger charge is -2.42. The summed E-state index contributed by atoms with van der Waals surface area (Å²) in [5.41, 5.74) is 0.788. The zero-order valence-electron chi connectivity index (χ0n) is 10.7. The Kier molecular flexibility index (Phi) is 4.39. The largest absolute Gasteiger partial charge is 0.385 e. The van der Waals surface area contributed by atoms with Gasteiger partial charge in [0.15, 0.2) is 0 Å². The maximum atomic E-state index is 10.7. The molecule has 1 aliphatic rings. The van der Waals surface area contributed by atoms with Gasteiger partial charge in [-0.1, -0.05) is 39.7 Å². The number of rotatable bonds is 3. The van der Waals surface area contributed by atoms with Gasteiger partial charge in [-0.2, -0.15) is 0 Å². The van der Waals surface area contributed by atoms with E-state index in [1.807, 2.05) is 0 Å². The molecular formula is C14H26O. The van der Waals surface area contributed by atoms with Crippen LogP contribution < -0.4 is 0 Å². The van der Waals surface area contributed by atoms with Gasteiger partial charge in [-0.3, -0.25) is 0 Å². The van der Waals surface area contributed by atoms with Crippen LogP contribution in [0.5, 0.6) is 0 Å². The second kappa shape index (κ2) is 5.16. The summed E-state index contributed by atoms with van der Waals surface area (Å²) >= 11 is 0. The van der Waals surface area contributed by atoms with Crippen LogP contribution in [0.4, 0.5) is 0 Å². The molecule has 0 saturated heterocycles. The summed E-state index contributed by atoms with van der Waals surface area (Å²) in [5, 5.41) is 10.7. The Morgan fingerprint density at radius 2 is 2.13 bits per heavy atom. The molecule has 0 aromatic heterocycles. The van der Waals surface area contributed by atoms with Crippen LogP contribution >= 0.6 is 0 Å². The molecule has 0 aromatic rings. The quantitative estimate of drug-likeness (QED) is 0.700. The molecule has 0 heterocycles. The van der Waals surface area contributed by atoms with Crippen molar-refractivity contribution < 1.29 is 5.11 Å². The van der Waals surface area contributed by atoms with Gasteiger partial charge in [0.25, 0.3) is 0 Å². The van der Waals surface area contributed by atoms with Crippen LogP contribution in [0.2, 0.25) is 0 Å². The predicted octanol–water partition coefficient (Wildman–Crippen LogP) is 3.92. The molecule has 15 heavy (non-hydrogen) atoms. The van der Waals surface area contributed by atoms with Crippen molar-refractivity contribution in [3.8, 4) is 0 Å². The summed E-state index contributed by atoms with van der Waals surface area (Å²) < 4.78 is 0. The lowest BCUT2D eigenvalue weighted by Crippen LogP contribution is -2.40. The highest BCUT2D eigenvalue weighted by Gasteiger charge is 2.39. The van der Waals surface area contributed by atoms with Crippen molar-refractivity contribution >= 4 is 0 Å². The van der Waals surface area contributed by atoms with Crippen molar-refractivity contribution in [3.05, 3.63) is 11.6 Å². The zero-order valence-corrected chi connectivity index (χ0v) is 10.7. The summed E-state index contributed by atoms with van der Waals surface area (Å²) in [4.78, 5) is 0. The molecule has 1 saturated carbocycles. The Morgan fingerprint density at radius 3 is 2.67 bits per heavy atom. The highest BCUT2D eigenvalue weighted by Crippen LogP contribution is 2.42. The highest BCUT2D eigenvalue weighted by atomic mass is 16.3. The standard InChI is InChI=1S/C14H26O/c1-5-7-8-14(15)10-11(3)9-12(4)13(14)6-2/h6,11-12,15H,5,7-10H2,1-4H3/b13-6+/t11-,12-,14+/m1/s1. The predicted molar refractivity (Wildman–Crippen MR) is 65.8 cm³/mol. The fourth-order valence-electron chi connectivity index (χ4n) is 3.24. The van der Waals surface area contributed by atoms with Crippen molar-refractivity contribution in [2.75, 3.05) is 0 Å². The second-order valence-corrected chi connectivity index (χ2v) is 5.33. The summed E-state index contributed by atoms with van der Waals surface area (Å²) in [6.07, 6.45) is 7.57. The Balaban J connectivity index is 2.81. The molecule has 0 aliphatic heterocycles.